The minimum Gasteiger partial charge on any atom is -0.481 e. The molecule has 0 heterocycles. The van der Waals surface area contributed by atoms with E-state index in [9.17, 15) is 0 Å². The molecule has 0 amide bonds. The van der Waals surface area contributed by atoms with Gasteiger partial charge in [-0.2, -0.15) is 0 Å². The second-order valence-corrected chi connectivity index (χ2v) is 4.69. The lowest BCUT2D eigenvalue weighted by molar-refractivity contribution is 0.349. The summed E-state index contributed by atoms with van der Waals surface area (Å²) in [6, 6.07) is 7.98. The molecular weight excluding hydrogens is 210 g/mol. The number of nitrogens with one attached hydrogen (secondary N) is 1. The highest BCUT2D eigenvalue weighted by molar-refractivity contribution is 5.33. The van der Waals surface area contributed by atoms with Gasteiger partial charge in [0.2, 0.25) is 0 Å². The van der Waals surface area contributed by atoms with Crippen molar-refractivity contribution in [3.63, 3.8) is 0 Å². The molecule has 0 unspecified atom stereocenters. The summed E-state index contributed by atoms with van der Waals surface area (Å²) in [5.74, 6) is 3.35. The average Bonchev–Trinajstić information content (AvgIpc) is 2.35. The third-order valence-corrected chi connectivity index (χ3v) is 2.92. The smallest absolute Gasteiger partial charge is 0.148 e. The second-order valence-electron chi connectivity index (χ2n) is 4.69. The van der Waals surface area contributed by atoms with Crippen LogP contribution in [-0.4, -0.2) is 12.1 Å². The van der Waals surface area contributed by atoms with Gasteiger partial charge in [0.15, 0.2) is 0 Å². The molecule has 0 bridgehead atoms. The highest BCUT2D eigenvalue weighted by atomic mass is 16.5. The van der Waals surface area contributed by atoms with Gasteiger partial charge in [-0.05, 0) is 26.3 Å². The van der Waals surface area contributed by atoms with Crippen molar-refractivity contribution < 1.29 is 4.74 Å². The lowest BCUT2D eigenvalue weighted by atomic mass is 10.0. The van der Waals surface area contributed by atoms with Crippen LogP contribution in [0.15, 0.2) is 24.3 Å². The number of terminal acetylenes is 1. The fraction of sp³-hybridized carbons (Fsp3) is 0.467. The van der Waals surface area contributed by atoms with E-state index in [1.165, 1.54) is 0 Å². The fourth-order valence-electron chi connectivity index (χ4n) is 1.37. The molecule has 0 aliphatic rings. The number of hydrogen-bond acceptors (Lipinski definition) is 2. The number of rotatable bonds is 6. The predicted octanol–water partition coefficient (Wildman–Crippen LogP) is 2.98. The van der Waals surface area contributed by atoms with E-state index in [1.54, 1.807) is 0 Å². The van der Waals surface area contributed by atoms with Gasteiger partial charge in [-0.25, -0.2) is 0 Å². The lowest BCUT2D eigenvalue weighted by Crippen LogP contribution is -2.37. The number of ether oxygens (including phenoxy) is 1. The summed E-state index contributed by atoms with van der Waals surface area (Å²) in [5.41, 5.74) is 1.28. The molecule has 1 rings (SSSR count). The van der Waals surface area contributed by atoms with E-state index in [0.29, 0.717) is 6.61 Å². The van der Waals surface area contributed by atoms with Crippen LogP contribution < -0.4 is 10.1 Å². The van der Waals surface area contributed by atoms with Gasteiger partial charge < -0.3 is 10.1 Å². The first-order chi connectivity index (χ1) is 8.09. The molecule has 0 radical (unpaired) electrons. The topological polar surface area (TPSA) is 21.3 Å². The van der Waals surface area contributed by atoms with Crippen LogP contribution in [0.3, 0.4) is 0 Å². The molecule has 0 aromatic heterocycles. The number of benzene rings is 1. The molecule has 0 aliphatic heterocycles. The van der Waals surface area contributed by atoms with Crippen molar-refractivity contribution in [2.45, 2.75) is 39.3 Å². The maximum Gasteiger partial charge on any atom is 0.148 e. The highest BCUT2D eigenvalue weighted by Crippen LogP contribution is 2.19. The quantitative estimate of drug-likeness (QED) is 0.760. The van der Waals surface area contributed by atoms with Crippen molar-refractivity contribution in [1.29, 1.82) is 0 Å². The van der Waals surface area contributed by atoms with Gasteiger partial charge in [-0.15, -0.1) is 6.42 Å². The monoisotopic (exact) mass is 231 g/mol. The van der Waals surface area contributed by atoms with Gasteiger partial charge in [0.1, 0.15) is 12.4 Å². The molecule has 17 heavy (non-hydrogen) atoms. The van der Waals surface area contributed by atoms with Gasteiger partial charge in [-0.3, -0.25) is 0 Å². The van der Waals surface area contributed by atoms with Crippen molar-refractivity contribution >= 4 is 0 Å². The largest absolute Gasteiger partial charge is 0.481 e. The summed E-state index contributed by atoms with van der Waals surface area (Å²) in [4.78, 5) is 0. The SMILES string of the molecule is C#CCOc1ccccc1CNC(C)(C)CC. The minimum absolute atomic E-state index is 0.138. The fourth-order valence-corrected chi connectivity index (χ4v) is 1.37. The lowest BCUT2D eigenvalue weighted by Gasteiger charge is -2.25. The average molecular weight is 231 g/mol. The summed E-state index contributed by atoms with van der Waals surface area (Å²) in [6.07, 6.45) is 6.28. The molecule has 92 valence electrons. The zero-order chi connectivity index (χ0) is 12.7. The van der Waals surface area contributed by atoms with Gasteiger partial charge in [0.25, 0.3) is 0 Å². The normalized spacial score (nSPS) is 10.9. The molecule has 0 atom stereocenters. The summed E-state index contributed by atoms with van der Waals surface area (Å²) in [7, 11) is 0. The van der Waals surface area contributed by atoms with Gasteiger partial charge in [0, 0.05) is 17.6 Å². The summed E-state index contributed by atoms with van der Waals surface area (Å²) >= 11 is 0. The Morgan fingerprint density at radius 1 is 1.35 bits per heavy atom. The number of hydrogen-bond donors (Lipinski definition) is 1. The Kier molecular flexibility index (Phi) is 5.06. The van der Waals surface area contributed by atoms with Crippen molar-refractivity contribution in [2.24, 2.45) is 0 Å². The Morgan fingerprint density at radius 3 is 2.71 bits per heavy atom. The molecule has 0 fully saturated rings. The zero-order valence-corrected chi connectivity index (χ0v) is 10.9. The van der Waals surface area contributed by atoms with Crippen LogP contribution in [0.2, 0.25) is 0 Å². The molecule has 0 saturated heterocycles. The van der Waals surface area contributed by atoms with E-state index >= 15 is 0 Å². The zero-order valence-electron chi connectivity index (χ0n) is 10.9. The number of para-hydroxylation sites is 1. The Balaban J connectivity index is 2.67. The third kappa shape index (κ3) is 4.50. The maximum atomic E-state index is 5.51. The van der Waals surface area contributed by atoms with Crippen molar-refractivity contribution in [2.75, 3.05) is 6.61 Å². The molecule has 0 spiro atoms. The van der Waals surface area contributed by atoms with E-state index < -0.39 is 0 Å². The molecule has 0 saturated carbocycles. The van der Waals surface area contributed by atoms with E-state index in [-0.39, 0.29) is 5.54 Å². The molecule has 1 N–H and O–H groups in total. The highest BCUT2D eigenvalue weighted by Gasteiger charge is 2.14. The van der Waals surface area contributed by atoms with Gasteiger partial charge in [0.05, 0.1) is 0 Å². The van der Waals surface area contributed by atoms with Crippen LogP contribution in [0, 0.1) is 12.3 Å². The van der Waals surface area contributed by atoms with E-state index in [4.69, 9.17) is 11.2 Å². The first kappa shape index (κ1) is 13.6. The summed E-state index contributed by atoms with van der Waals surface area (Å²) in [6.45, 7) is 7.67. The Hall–Kier alpha value is -1.46. The van der Waals surface area contributed by atoms with Gasteiger partial charge >= 0.3 is 0 Å². The van der Waals surface area contributed by atoms with Crippen LogP contribution in [-0.2, 0) is 6.54 Å². The van der Waals surface area contributed by atoms with Gasteiger partial charge in [-0.1, -0.05) is 31.0 Å². The molecule has 1 aromatic rings. The molecule has 1 aromatic carbocycles. The van der Waals surface area contributed by atoms with Crippen LogP contribution in [0.4, 0.5) is 0 Å². The van der Waals surface area contributed by atoms with Crippen molar-refractivity contribution in [3.05, 3.63) is 29.8 Å². The first-order valence-corrected chi connectivity index (χ1v) is 5.98. The Morgan fingerprint density at radius 2 is 2.06 bits per heavy atom. The Labute approximate surface area is 104 Å². The van der Waals surface area contributed by atoms with Crippen LogP contribution in [0.1, 0.15) is 32.8 Å². The minimum atomic E-state index is 0.138. The summed E-state index contributed by atoms with van der Waals surface area (Å²) < 4.78 is 5.51. The third-order valence-electron chi connectivity index (χ3n) is 2.92. The van der Waals surface area contributed by atoms with Crippen LogP contribution >= 0.6 is 0 Å². The maximum absolute atomic E-state index is 5.51. The van der Waals surface area contributed by atoms with Crippen molar-refractivity contribution in [1.82, 2.24) is 5.32 Å². The van der Waals surface area contributed by atoms with Crippen LogP contribution in [0.5, 0.6) is 5.75 Å². The van der Waals surface area contributed by atoms with Crippen molar-refractivity contribution in [3.8, 4) is 18.1 Å². The molecular formula is C15H21NO. The molecule has 2 nitrogen and oxygen atoms in total. The van der Waals surface area contributed by atoms with E-state index in [2.05, 4.69) is 38.1 Å². The molecule has 2 heteroatoms. The molecule has 0 aliphatic carbocycles. The van der Waals surface area contributed by atoms with Crippen LogP contribution in [0.25, 0.3) is 0 Å². The Bertz CT molecular complexity index is 390. The second kappa shape index (κ2) is 6.32. The van der Waals surface area contributed by atoms with E-state index in [1.807, 2.05) is 18.2 Å². The summed E-state index contributed by atoms with van der Waals surface area (Å²) in [5, 5.41) is 3.51. The van der Waals surface area contributed by atoms with E-state index in [0.717, 1.165) is 24.3 Å². The predicted molar refractivity (Wildman–Crippen MR) is 72.0 cm³/mol. The first-order valence-electron chi connectivity index (χ1n) is 5.98. The standard InChI is InChI=1S/C15H21NO/c1-5-11-17-14-10-8-7-9-13(14)12-16-15(3,4)6-2/h1,7-10,16H,6,11-12H2,2-4H3.